The lowest BCUT2D eigenvalue weighted by Gasteiger charge is -2.12. The van der Waals surface area contributed by atoms with Crippen LogP contribution in [0, 0.1) is 18.6 Å². The van der Waals surface area contributed by atoms with E-state index in [4.69, 9.17) is 11.6 Å². The fourth-order valence-corrected chi connectivity index (χ4v) is 3.59. The molecule has 0 spiro atoms. The van der Waals surface area contributed by atoms with E-state index in [-0.39, 0.29) is 9.37 Å². The van der Waals surface area contributed by atoms with E-state index in [1.165, 1.54) is 12.1 Å². The molecule has 0 amide bonds. The largest absolute Gasteiger partial charge is 0.275 e. The summed E-state index contributed by atoms with van der Waals surface area (Å²) in [6.45, 7) is 1.80. The van der Waals surface area contributed by atoms with Crippen LogP contribution in [0.5, 0.6) is 0 Å². The standard InChI is InChI=1S/C13H9BrClF2NO2S/c1-7-2-4-8(5-3-7)21(19,20)18-13-10(16)6-9(15)12(17)11(13)14/h2-6,18H,1H3. The molecule has 2 aromatic rings. The van der Waals surface area contributed by atoms with E-state index in [0.717, 1.165) is 5.56 Å². The Morgan fingerprint density at radius 3 is 2.33 bits per heavy atom. The molecule has 1 N–H and O–H groups in total. The maximum Gasteiger partial charge on any atom is 0.262 e. The molecule has 0 aromatic heterocycles. The van der Waals surface area contributed by atoms with Crippen LogP contribution in [0.2, 0.25) is 5.02 Å². The minimum Gasteiger partial charge on any atom is -0.275 e. The third kappa shape index (κ3) is 3.36. The molecule has 0 fully saturated rings. The lowest BCUT2D eigenvalue weighted by atomic mass is 10.2. The van der Waals surface area contributed by atoms with Crippen LogP contribution in [-0.4, -0.2) is 8.42 Å². The summed E-state index contributed by atoms with van der Waals surface area (Å²) in [5.41, 5.74) is 0.344. The molecule has 0 saturated heterocycles. The van der Waals surface area contributed by atoms with Gasteiger partial charge in [-0.1, -0.05) is 29.3 Å². The monoisotopic (exact) mass is 395 g/mol. The third-order valence-electron chi connectivity index (χ3n) is 2.68. The number of sulfonamides is 1. The molecule has 2 rings (SSSR count). The van der Waals surface area contributed by atoms with Crippen LogP contribution in [0.4, 0.5) is 14.5 Å². The van der Waals surface area contributed by atoms with E-state index in [1.807, 2.05) is 4.72 Å². The van der Waals surface area contributed by atoms with Crippen molar-refractivity contribution in [1.82, 2.24) is 0 Å². The third-order valence-corrected chi connectivity index (χ3v) is 5.07. The van der Waals surface area contributed by atoms with Gasteiger partial charge < -0.3 is 0 Å². The normalized spacial score (nSPS) is 11.5. The van der Waals surface area contributed by atoms with Gasteiger partial charge in [0.2, 0.25) is 0 Å². The average molecular weight is 397 g/mol. The fourth-order valence-electron chi connectivity index (χ4n) is 1.57. The van der Waals surface area contributed by atoms with Crippen LogP contribution in [0.1, 0.15) is 5.56 Å². The van der Waals surface area contributed by atoms with Crippen molar-refractivity contribution in [2.24, 2.45) is 0 Å². The number of hydrogen-bond donors (Lipinski definition) is 1. The molecular formula is C13H9BrClF2NO2S. The summed E-state index contributed by atoms with van der Waals surface area (Å²) >= 11 is 8.27. The highest BCUT2D eigenvalue weighted by molar-refractivity contribution is 9.10. The number of benzene rings is 2. The van der Waals surface area contributed by atoms with E-state index in [1.54, 1.807) is 19.1 Å². The minimum atomic E-state index is -4.03. The Morgan fingerprint density at radius 2 is 1.76 bits per heavy atom. The van der Waals surface area contributed by atoms with Gasteiger partial charge in [0.05, 0.1) is 14.4 Å². The molecule has 0 saturated carbocycles. The van der Waals surface area contributed by atoms with E-state index in [0.29, 0.717) is 6.07 Å². The zero-order chi connectivity index (χ0) is 15.8. The van der Waals surface area contributed by atoms with Gasteiger partial charge in [0.25, 0.3) is 10.0 Å². The first-order valence-corrected chi connectivity index (χ1v) is 8.30. The number of halogens is 4. The smallest absolute Gasteiger partial charge is 0.262 e. The highest BCUT2D eigenvalue weighted by Gasteiger charge is 2.21. The summed E-state index contributed by atoms with van der Waals surface area (Å²) in [5.74, 6) is -1.93. The molecule has 0 unspecified atom stereocenters. The SMILES string of the molecule is Cc1ccc(S(=O)(=O)Nc2c(F)cc(Cl)c(F)c2Br)cc1. The first-order chi connectivity index (χ1) is 9.72. The van der Waals surface area contributed by atoms with Gasteiger partial charge >= 0.3 is 0 Å². The van der Waals surface area contributed by atoms with Crippen molar-refractivity contribution in [2.75, 3.05) is 4.72 Å². The van der Waals surface area contributed by atoms with Crippen LogP contribution in [0.25, 0.3) is 0 Å². The van der Waals surface area contributed by atoms with E-state index in [9.17, 15) is 17.2 Å². The van der Waals surface area contributed by atoms with Gasteiger partial charge in [-0.2, -0.15) is 0 Å². The quantitative estimate of drug-likeness (QED) is 0.614. The van der Waals surface area contributed by atoms with Gasteiger partial charge in [0.15, 0.2) is 5.82 Å². The second-order valence-corrected chi connectivity index (χ2v) is 7.14. The Labute approximate surface area is 134 Å². The number of hydrogen-bond acceptors (Lipinski definition) is 2. The molecule has 112 valence electrons. The fraction of sp³-hybridized carbons (Fsp3) is 0.0769. The Balaban J connectivity index is 2.47. The maximum atomic E-state index is 13.8. The molecule has 0 bridgehead atoms. The van der Waals surface area contributed by atoms with Gasteiger partial charge in [-0.3, -0.25) is 4.72 Å². The number of aryl methyl sites for hydroxylation is 1. The topological polar surface area (TPSA) is 46.2 Å². The Bertz CT molecular complexity index is 795. The van der Waals surface area contributed by atoms with Crippen LogP contribution in [-0.2, 0) is 10.0 Å². The Hall–Kier alpha value is -1.18. The number of rotatable bonds is 3. The molecule has 0 atom stereocenters. The summed E-state index contributed by atoms with van der Waals surface area (Å²) in [4.78, 5) is -0.0604. The van der Waals surface area contributed by atoms with Gasteiger partial charge in [0, 0.05) is 0 Å². The number of anilines is 1. The molecule has 8 heteroatoms. The summed E-state index contributed by atoms with van der Waals surface area (Å²) in [6, 6.07) is 6.64. The van der Waals surface area contributed by atoms with Crippen molar-refractivity contribution >= 4 is 43.2 Å². The molecule has 0 aliphatic carbocycles. The van der Waals surface area contributed by atoms with Gasteiger partial charge in [-0.25, -0.2) is 17.2 Å². The molecular weight excluding hydrogens is 388 g/mol. The summed E-state index contributed by atoms with van der Waals surface area (Å²) in [7, 11) is -4.03. The van der Waals surface area contributed by atoms with E-state index in [2.05, 4.69) is 15.9 Å². The first kappa shape index (κ1) is 16.2. The zero-order valence-corrected chi connectivity index (χ0v) is 13.8. The van der Waals surface area contributed by atoms with E-state index < -0.39 is 32.4 Å². The molecule has 21 heavy (non-hydrogen) atoms. The van der Waals surface area contributed by atoms with Crippen molar-refractivity contribution < 1.29 is 17.2 Å². The molecule has 0 aliphatic heterocycles. The molecule has 3 nitrogen and oxygen atoms in total. The summed E-state index contributed by atoms with van der Waals surface area (Å²) in [5, 5.41) is -0.447. The number of nitrogens with one attached hydrogen (secondary N) is 1. The van der Waals surface area contributed by atoms with E-state index >= 15 is 0 Å². The summed E-state index contributed by atoms with van der Waals surface area (Å²) in [6.07, 6.45) is 0. The van der Waals surface area contributed by atoms with Crippen molar-refractivity contribution in [1.29, 1.82) is 0 Å². The Morgan fingerprint density at radius 1 is 1.19 bits per heavy atom. The van der Waals surface area contributed by atoms with Gasteiger partial charge in [-0.05, 0) is 41.1 Å². The summed E-state index contributed by atoms with van der Waals surface area (Å²) < 4.78 is 53.4. The van der Waals surface area contributed by atoms with Gasteiger partial charge in [-0.15, -0.1) is 0 Å². The molecule has 0 heterocycles. The van der Waals surface area contributed by atoms with Crippen molar-refractivity contribution in [3.63, 3.8) is 0 Å². The molecule has 0 aliphatic rings. The lowest BCUT2D eigenvalue weighted by Crippen LogP contribution is -2.15. The van der Waals surface area contributed by atoms with Gasteiger partial charge in [0.1, 0.15) is 11.5 Å². The lowest BCUT2D eigenvalue weighted by molar-refractivity contribution is 0.592. The van der Waals surface area contributed by atoms with Crippen LogP contribution in [0.3, 0.4) is 0 Å². The predicted octanol–water partition coefficient (Wildman–Crippen LogP) is 4.49. The van der Waals surface area contributed by atoms with Crippen molar-refractivity contribution in [3.8, 4) is 0 Å². The second kappa shape index (κ2) is 5.90. The maximum absolute atomic E-state index is 13.8. The highest BCUT2D eigenvalue weighted by Crippen LogP contribution is 2.34. The minimum absolute atomic E-state index is 0.0604. The molecule has 0 radical (unpaired) electrons. The second-order valence-electron chi connectivity index (χ2n) is 4.26. The first-order valence-electron chi connectivity index (χ1n) is 5.65. The zero-order valence-electron chi connectivity index (χ0n) is 10.6. The Kier molecular flexibility index (Phi) is 4.55. The predicted molar refractivity (Wildman–Crippen MR) is 81.1 cm³/mol. The van der Waals surface area contributed by atoms with Crippen LogP contribution in [0.15, 0.2) is 39.7 Å². The van der Waals surface area contributed by atoms with Crippen LogP contribution >= 0.6 is 27.5 Å². The van der Waals surface area contributed by atoms with Crippen molar-refractivity contribution in [3.05, 3.63) is 57.0 Å². The molecule has 2 aromatic carbocycles. The highest BCUT2D eigenvalue weighted by atomic mass is 79.9. The van der Waals surface area contributed by atoms with Crippen LogP contribution < -0.4 is 4.72 Å². The average Bonchev–Trinajstić information content (AvgIpc) is 2.42. The van der Waals surface area contributed by atoms with Crippen molar-refractivity contribution in [2.45, 2.75) is 11.8 Å².